The Balaban J connectivity index is 1.38. The Bertz CT molecular complexity index is 1020. The van der Waals surface area contributed by atoms with Gasteiger partial charge in [-0.25, -0.2) is 8.78 Å². The summed E-state index contributed by atoms with van der Waals surface area (Å²) < 4.78 is 34.2. The molecule has 2 aliphatic heterocycles. The number of amides is 1. The molecule has 1 saturated heterocycles. The first-order valence-electron chi connectivity index (χ1n) is 9.59. The third-order valence-corrected chi connectivity index (χ3v) is 5.70. The van der Waals surface area contributed by atoms with Crippen molar-refractivity contribution in [2.24, 2.45) is 22.9 Å². The second-order valence-electron chi connectivity index (χ2n) is 7.93. The zero-order valence-electron chi connectivity index (χ0n) is 15.8. The Labute approximate surface area is 166 Å². The number of carbonyl (C=O) groups is 1. The minimum absolute atomic E-state index is 0.0404. The van der Waals surface area contributed by atoms with Gasteiger partial charge in [0, 0.05) is 25.1 Å². The summed E-state index contributed by atoms with van der Waals surface area (Å²) in [6.07, 6.45) is 5.95. The molecule has 1 amide bonds. The van der Waals surface area contributed by atoms with E-state index in [2.05, 4.69) is 5.10 Å². The zero-order valence-corrected chi connectivity index (χ0v) is 15.8. The first-order valence-corrected chi connectivity index (χ1v) is 9.59. The van der Waals surface area contributed by atoms with Crippen LogP contribution >= 0.6 is 0 Å². The number of nitrogens with zero attached hydrogens (tertiary/aromatic N) is 3. The summed E-state index contributed by atoms with van der Waals surface area (Å²) in [6.45, 7) is 0.789. The molecular formula is C21H20F2N3O3+. The number of likely N-dealkylation sites (tertiary alicyclic amines) is 1. The van der Waals surface area contributed by atoms with Crippen LogP contribution in [0.3, 0.4) is 0 Å². The number of aliphatic hydroxyl groups is 1. The quantitative estimate of drug-likeness (QED) is 0.783. The van der Waals surface area contributed by atoms with Crippen molar-refractivity contribution < 1.29 is 28.1 Å². The largest absolute Gasteiger partial charge is 0.458 e. The number of rotatable bonds is 4. The van der Waals surface area contributed by atoms with E-state index in [4.69, 9.17) is 4.74 Å². The molecule has 2 aliphatic carbocycles. The molecule has 2 heterocycles. The molecule has 0 bridgehead atoms. The van der Waals surface area contributed by atoms with Crippen LogP contribution in [0, 0.1) is 29.4 Å². The van der Waals surface area contributed by atoms with E-state index in [1.54, 1.807) is 9.58 Å². The van der Waals surface area contributed by atoms with E-state index >= 15 is 0 Å². The number of aliphatic hydroxyl groups excluding tert-OH is 1. The lowest BCUT2D eigenvalue weighted by Crippen LogP contribution is -2.54. The van der Waals surface area contributed by atoms with Crippen molar-refractivity contribution in [1.82, 2.24) is 4.90 Å². The number of allylic oxidation sites excluding steroid dienone is 3. The highest BCUT2D eigenvalue weighted by Gasteiger charge is 2.52. The summed E-state index contributed by atoms with van der Waals surface area (Å²) in [7, 11) is 1.84. The van der Waals surface area contributed by atoms with Crippen molar-refractivity contribution in [2.75, 3.05) is 20.1 Å². The van der Waals surface area contributed by atoms with Crippen LogP contribution in [0.5, 0.6) is 5.75 Å². The highest BCUT2D eigenvalue weighted by Crippen LogP contribution is 2.48. The van der Waals surface area contributed by atoms with E-state index in [1.807, 2.05) is 25.4 Å². The fraction of sp³-hybridized carbons (Fsp3) is 0.381. The van der Waals surface area contributed by atoms with E-state index in [-0.39, 0.29) is 29.4 Å². The summed E-state index contributed by atoms with van der Waals surface area (Å²) >= 11 is 0. The summed E-state index contributed by atoms with van der Waals surface area (Å²) in [5.41, 5.74) is 1.82. The van der Waals surface area contributed by atoms with E-state index in [0.717, 1.165) is 29.8 Å². The minimum atomic E-state index is -0.970. The number of ether oxygens (including phenoxy) is 1. The Morgan fingerprint density at radius 2 is 2.10 bits per heavy atom. The van der Waals surface area contributed by atoms with Gasteiger partial charge in [0.1, 0.15) is 23.1 Å². The van der Waals surface area contributed by atoms with Crippen LogP contribution in [0.15, 0.2) is 46.8 Å². The fourth-order valence-corrected chi connectivity index (χ4v) is 4.12. The lowest BCUT2D eigenvalue weighted by atomic mass is 9.88. The van der Waals surface area contributed by atoms with E-state index in [1.165, 1.54) is 6.07 Å². The molecule has 1 aromatic rings. The maximum absolute atomic E-state index is 13.5. The van der Waals surface area contributed by atoms with Crippen LogP contribution in [0.2, 0.25) is 0 Å². The molecule has 2 fully saturated rings. The van der Waals surface area contributed by atoms with Crippen LogP contribution in [-0.2, 0) is 4.79 Å². The van der Waals surface area contributed by atoms with Crippen molar-refractivity contribution in [3.05, 3.63) is 53.3 Å². The van der Waals surface area contributed by atoms with Gasteiger partial charge in [-0.15, -0.1) is 0 Å². The van der Waals surface area contributed by atoms with Crippen LogP contribution in [0.25, 0.3) is 0 Å². The first kappa shape index (κ1) is 18.2. The number of halogens is 2. The highest BCUT2D eigenvalue weighted by atomic mass is 19.2. The summed E-state index contributed by atoms with van der Waals surface area (Å²) in [5, 5.41) is 14.0. The van der Waals surface area contributed by atoms with Crippen molar-refractivity contribution >= 4 is 17.8 Å². The Morgan fingerprint density at radius 3 is 2.83 bits per heavy atom. The molecule has 0 radical (unpaired) electrons. The van der Waals surface area contributed by atoms with Gasteiger partial charge in [0.25, 0.3) is 0 Å². The molecule has 8 heteroatoms. The lowest BCUT2D eigenvalue weighted by molar-refractivity contribution is -0.495. The standard InChI is InChI=1S/C21H20F2N3O3/c1-25-8-11-4-14(29-13-2-3-18(22)19(23)6-13)5-16(20(11)24-25)15-7-17(15)21(28)26-9-12(27)10-26/h2-6,8,11-12,15,17,27H,7,9-10H2,1H3/q+1/t11?,15-,17+/m0/s1. The summed E-state index contributed by atoms with van der Waals surface area (Å²) in [4.78, 5) is 14.3. The average molecular weight is 400 g/mol. The van der Waals surface area contributed by atoms with Gasteiger partial charge < -0.3 is 14.7 Å². The zero-order chi connectivity index (χ0) is 20.3. The lowest BCUT2D eigenvalue weighted by Gasteiger charge is -2.36. The molecule has 1 aromatic carbocycles. The molecule has 150 valence electrons. The van der Waals surface area contributed by atoms with E-state index in [9.17, 15) is 18.7 Å². The predicted molar refractivity (Wildman–Crippen MR) is 101 cm³/mol. The predicted octanol–water partition coefficient (Wildman–Crippen LogP) is 1.71. The highest BCUT2D eigenvalue weighted by molar-refractivity contribution is 6.13. The van der Waals surface area contributed by atoms with Gasteiger partial charge >= 0.3 is 0 Å². The van der Waals surface area contributed by atoms with Crippen molar-refractivity contribution in [2.45, 2.75) is 12.5 Å². The number of carbonyl (C=O) groups excluding carboxylic acids is 1. The van der Waals surface area contributed by atoms with E-state index < -0.39 is 17.7 Å². The maximum Gasteiger partial charge on any atom is 0.226 e. The molecule has 4 aliphatic rings. The van der Waals surface area contributed by atoms with Gasteiger partial charge in [0.2, 0.25) is 5.91 Å². The maximum atomic E-state index is 13.5. The number of hydrazone groups is 1. The third kappa shape index (κ3) is 3.27. The Morgan fingerprint density at radius 1 is 1.31 bits per heavy atom. The number of β-amino-alcohol motifs (C(OH)–C–C–N with tert-alkyl or cyclic N) is 1. The minimum Gasteiger partial charge on any atom is -0.458 e. The van der Waals surface area contributed by atoms with Gasteiger partial charge in [0.05, 0.1) is 6.10 Å². The van der Waals surface area contributed by atoms with Gasteiger partial charge in [-0.05, 0) is 47.3 Å². The van der Waals surface area contributed by atoms with Crippen molar-refractivity contribution in [3.63, 3.8) is 0 Å². The molecule has 1 N–H and O–H groups in total. The third-order valence-electron chi connectivity index (χ3n) is 5.70. The SMILES string of the molecule is C[N+]1=CC2C=C(Oc3ccc(F)c(F)c3)C=C([C@@H]3C[C@H]3C(=O)N3CC(O)C3)C2=N1. The first-order chi connectivity index (χ1) is 13.9. The van der Waals surface area contributed by atoms with Crippen LogP contribution in [0.1, 0.15) is 6.42 Å². The Kier molecular flexibility index (Phi) is 4.13. The van der Waals surface area contributed by atoms with Crippen molar-refractivity contribution in [3.8, 4) is 5.75 Å². The number of hydrogen-bond acceptors (Lipinski definition) is 4. The molecular weight excluding hydrogens is 380 g/mol. The Hall–Kier alpha value is -2.87. The summed E-state index contributed by atoms with van der Waals surface area (Å²) in [6, 6.07) is 3.41. The molecule has 5 rings (SSSR count). The van der Waals surface area contributed by atoms with Gasteiger partial charge in [-0.1, -0.05) is 4.68 Å². The molecule has 1 unspecified atom stereocenters. The topological polar surface area (TPSA) is 65.1 Å². The van der Waals surface area contributed by atoms with Crippen molar-refractivity contribution in [1.29, 1.82) is 0 Å². The molecule has 3 atom stereocenters. The van der Waals surface area contributed by atoms with Gasteiger partial charge in [-0.3, -0.25) is 4.79 Å². The molecule has 0 aromatic heterocycles. The fourth-order valence-electron chi connectivity index (χ4n) is 4.12. The molecule has 29 heavy (non-hydrogen) atoms. The number of fused-ring (bicyclic) bond motifs is 1. The molecule has 0 spiro atoms. The van der Waals surface area contributed by atoms with E-state index in [0.29, 0.717) is 18.8 Å². The summed E-state index contributed by atoms with van der Waals surface area (Å²) in [5.74, 6) is -1.29. The van der Waals surface area contributed by atoms with Crippen LogP contribution < -0.4 is 4.74 Å². The van der Waals surface area contributed by atoms with Gasteiger partial charge in [-0.2, -0.15) is 0 Å². The average Bonchev–Trinajstić information content (AvgIpc) is 3.35. The second kappa shape index (κ2) is 6.59. The van der Waals surface area contributed by atoms with Gasteiger partial charge in [0.15, 0.2) is 24.9 Å². The normalized spacial score (nSPS) is 28.0. The number of benzene rings is 1. The number of hydrogen-bond donors (Lipinski definition) is 1. The smallest absolute Gasteiger partial charge is 0.226 e. The van der Waals surface area contributed by atoms with Crippen LogP contribution in [0.4, 0.5) is 8.78 Å². The van der Waals surface area contributed by atoms with Crippen LogP contribution in [-0.4, -0.2) is 58.8 Å². The monoisotopic (exact) mass is 400 g/mol. The molecule has 1 saturated carbocycles. The second-order valence-corrected chi connectivity index (χ2v) is 7.93. The molecule has 6 nitrogen and oxygen atoms in total.